The highest BCUT2D eigenvalue weighted by Gasteiger charge is 2.19. The van der Waals surface area contributed by atoms with Crippen LogP contribution in [0.5, 0.6) is 0 Å². The number of allylic oxidation sites excluding steroid dienone is 14. The smallest absolute Gasteiger partial charge is 0.306 e. The number of hydrogen-bond acceptors (Lipinski definition) is 6. The van der Waals surface area contributed by atoms with Crippen LogP contribution in [0.4, 0.5) is 0 Å². The highest BCUT2D eigenvalue weighted by atomic mass is 16.6. The van der Waals surface area contributed by atoms with Crippen molar-refractivity contribution in [3.05, 3.63) is 85.1 Å². The topological polar surface area (TPSA) is 78.9 Å². The fourth-order valence-corrected chi connectivity index (χ4v) is 5.37. The number of esters is 3. The molecule has 6 nitrogen and oxygen atoms in total. The molecule has 0 aliphatic rings. The Morgan fingerprint density at radius 3 is 1.44 bits per heavy atom. The van der Waals surface area contributed by atoms with Gasteiger partial charge < -0.3 is 14.2 Å². The quantitative estimate of drug-likeness (QED) is 0.0207. The summed E-state index contributed by atoms with van der Waals surface area (Å²) in [5, 5.41) is 0. The highest BCUT2D eigenvalue weighted by molar-refractivity contribution is 5.71. The summed E-state index contributed by atoms with van der Waals surface area (Å²) >= 11 is 0. The Morgan fingerprint density at radius 1 is 0.407 bits per heavy atom. The van der Waals surface area contributed by atoms with E-state index in [1.165, 1.54) is 51.4 Å². The summed E-state index contributed by atoms with van der Waals surface area (Å²) < 4.78 is 16.5. The van der Waals surface area contributed by atoms with Crippen molar-refractivity contribution in [3.63, 3.8) is 0 Å². The molecule has 0 saturated heterocycles. The van der Waals surface area contributed by atoms with Crippen LogP contribution in [0.1, 0.15) is 181 Å². The van der Waals surface area contributed by atoms with Gasteiger partial charge in [0, 0.05) is 19.3 Å². The van der Waals surface area contributed by atoms with Crippen LogP contribution in [-0.2, 0) is 28.6 Å². The minimum atomic E-state index is -0.827. The van der Waals surface area contributed by atoms with Crippen molar-refractivity contribution in [2.24, 2.45) is 0 Å². The van der Waals surface area contributed by atoms with Gasteiger partial charge in [-0.2, -0.15) is 0 Å². The molecule has 0 radical (unpaired) electrons. The van der Waals surface area contributed by atoms with Gasteiger partial charge in [0.05, 0.1) is 0 Å². The lowest BCUT2D eigenvalue weighted by Gasteiger charge is -2.18. The Morgan fingerprint density at radius 2 is 0.833 bits per heavy atom. The largest absolute Gasteiger partial charge is 0.462 e. The first kappa shape index (κ1) is 50.6. The number of carbonyl (C=O) groups is 3. The zero-order valence-corrected chi connectivity index (χ0v) is 34.7. The van der Waals surface area contributed by atoms with Gasteiger partial charge in [0.2, 0.25) is 0 Å². The molecular formula is C48H78O6. The lowest BCUT2D eigenvalue weighted by molar-refractivity contribution is -0.166. The Kier molecular flexibility index (Phi) is 39.7. The van der Waals surface area contributed by atoms with Gasteiger partial charge >= 0.3 is 17.9 Å². The average molecular weight is 751 g/mol. The third-order valence-electron chi connectivity index (χ3n) is 8.64. The molecule has 0 heterocycles. The summed E-state index contributed by atoms with van der Waals surface area (Å²) in [4.78, 5) is 37.6. The van der Waals surface area contributed by atoms with Crippen LogP contribution in [-0.4, -0.2) is 37.2 Å². The van der Waals surface area contributed by atoms with Gasteiger partial charge in [-0.3, -0.25) is 14.4 Å². The van der Waals surface area contributed by atoms with Crippen LogP contribution in [0.2, 0.25) is 0 Å². The fraction of sp³-hybridized carbons (Fsp3) is 0.646. The van der Waals surface area contributed by atoms with E-state index < -0.39 is 6.10 Å². The maximum atomic E-state index is 12.7. The molecule has 0 aromatic heterocycles. The summed E-state index contributed by atoms with van der Waals surface area (Å²) in [5.74, 6) is -1.07. The van der Waals surface area contributed by atoms with Crippen LogP contribution in [0.25, 0.3) is 0 Å². The predicted octanol–water partition coefficient (Wildman–Crippen LogP) is 13.7. The van der Waals surface area contributed by atoms with Crippen LogP contribution in [0, 0.1) is 0 Å². The Balaban J connectivity index is 4.57. The van der Waals surface area contributed by atoms with E-state index in [0.29, 0.717) is 19.3 Å². The number of carbonyl (C=O) groups excluding carboxylic acids is 3. The Bertz CT molecular complexity index is 1090. The molecule has 0 rings (SSSR count). The van der Waals surface area contributed by atoms with Gasteiger partial charge in [0.15, 0.2) is 6.10 Å². The second-order valence-electron chi connectivity index (χ2n) is 13.9. The first-order chi connectivity index (χ1) is 26.5. The van der Waals surface area contributed by atoms with Crippen molar-refractivity contribution in [2.45, 2.75) is 187 Å². The SMILES string of the molecule is CC/C=C\C/C=C\C/C=C\CCCCC(=O)OC(COC(=O)CC/C=C\C/C=C\CCCCCCCC)COC(=O)CCCCC/C=C\C=C/CCCC. The van der Waals surface area contributed by atoms with Crippen molar-refractivity contribution >= 4 is 17.9 Å². The lowest BCUT2D eigenvalue weighted by atomic mass is 10.1. The third-order valence-corrected chi connectivity index (χ3v) is 8.64. The number of ether oxygens (including phenoxy) is 3. The molecule has 1 atom stereocenters. The first-order valence-electron chi connectivity index (χ1n) is 21.6. The molecule has 0 spiro atoms. The third kappa shape index (κ3) is 39.8. The van der Waals surface area contributed by atoms with Gasteiger partial charge in [-0.15, -0.1) is 0 Å². The number of unbranched alkanes of at least 4 members (excludes halogenated alkanes) is 13. The summed E-state index contributed by atoms with van der Waals surface area (Å²) in [6.45, 7) is 6.31. The first-order valence-corrected chi connectivity index (χ1v) is 21.6. The minimum Gasteiger partial charge on any atom is -0.462 e. The summed E-state index contributed by atoms with van der Waals surface area (Å²) in [7, 11) is 0. The van der Waals surface area contributed by atoms with Gasteiger partial charge in [0.1, 0.15) is 13.2 Å². The zero-order valence-electron chi connectivity index (χ0n) is 34.7. The fourth-order valence-electron chi connectivity index (χ4n) is 5.37. The van der Waals surface area contributed by atoms with E-state index in [1.54, 1.807) is 0 Å². The van der Waals surface area contributed by atoms with Gasteiger partial charge in [-0.05, 0) is 89.9 Å². The summed E-state index contributed by atoms with van der Waals surface area (Å²) in [5.41, 5.74) is 0. The molecule has 0 bridgehead atoms. The second kappa shape index (κ2) is 42.3. The maximum absolute atomic E-state index is 12.7. The van der Waals surface area contributed by atoms with E-state index >= 15 is 0 Å². The Labute approximate surface area is 331 Å². The molecular weight excluding hydrogens is 673 g/mol. The number of hydrogen-bond donors (Lipinski definition) is 0. The van der Waals surface area contributed by atoms with E-state index in [2.05, 4.69) is 99.8 Å². The van der Waals surface area contributed by atoms with Crippen molar-refractivity contribution in [3.8, 4) is 0 Å². The van der Waals surface area contributed by atoms with Gasteiger partial charge in [0.25, 0.3) is 0 Å². The van der Waals surface area contributed by atoms with Crippen LogP contribution in [0.15, 0.2) is 85.1 Å². The van der Waals surface area contributed by atoms with E-state index in [-0.39, 0.29) is 44.0 Å². The van der Waals surface area contributed by atoms with Crippen LogP contribution in [0.3, 0.4) is 0 Å². The minimum absolute atomic E-state index is 0.125. The molecule has 0 aromatic rings. The summed E-state index contributed by atoms with van der Waals surface area (Å²) in [6, 6.07) is 0. The predicted molar refractivity (Wildman–Crippen MR) is 228 cm³/mol. The standard InChI is InChI=1S/C48H78O6/c1-4-7-10-13-16-19-22-24-27-29-32-35-38-41-47(50)53-44-45(43-52-46(49)40-37-34-31-28-25-21-18-15-12-9-6-3)54-48(51)42-39-36-33-30-26-23-20-17-14-11-8-5-2/h8,11,15,17-18,20-21,24-27,30,32,35,45H,4-7,9-10,12-14,16,19,22-23,28-29,31,33-34,36-44H2,1-3H3/b11-8-,18-15-,20-17-,25-21-,27-24-,30-26-,35-32-. The van der Waals surface area contributed by atoms with E-state index in [1.807, 2.05) is 6.08 Å². The summed E-state index contributed by atoms with van der Waals surface area (Å²) in [6.07, 6.45) is 53.0. The molecule has 0 aliphatic heterocycles. The normalized spacial score (nSPS) is 12.9. The lowest BCUT2D eigenvalue weighted by Crippen LogP contribution is -2.30. The molecule has 0 amide bonds. The van der Waals surface area contributed by atoms with E-state index in [9.17, 15) is 14.4 Å². The molecule has 1 unspecified atom stereocenters. The van der Waals surface area contributed by atoms with Crippen molar-refractivity contribution < 1.29 is 28.6 Å². The van der Waals surface area contributed by atoms with Gasteiger partial charge in [-0.1, -0.05) is 157 Å². The second-order valence-corrected chi connectivity index (χ2v) is 13.9. The zero-order chi connectivity index (χ0) is 39.4. The van der Waals surface area contributed by atoms with E-state index in [0.717, 1.165) is 77.0 Å². The highest BCUT2D eigenvalue weighted by Crippen LogP contribution is 2.10. The van der Waals surface area contributed by atoms with Crippen LogP contribution < -0.4 is 0 Å². The Hall–Kier alpha value is -3.41. The van der Waals surface area contributed by atoms with Crippen molar-refractivity contribution in [2.75, 3.05) is 13.2 Å². The molecule has 0 aliphatic carbocycles. The molecule has 54 heavy (non-hydrogen) atoms. The molecule has 6 heteroatoms. The molecule has 306 valence electrons. The molecule has 0 fully saturated rings. The van der Waals surface area contributed by atoms with Crippen LogP contribution >= 0.6 is 0 Å². The average Bonchev–Trinajstić information content (AvgIpc) is 3.17. The molecule has 0 aromatic carbocycles. The number of rotatable bonds is 37. The van der Waals surface area contributed by atoms with Crippen molar-refractivity contribution in [1.29, 1.82) is 0 Å². The van der Waals surface area contributed by atoms with E-state index in [4.69, 9.17) is 14.2 Å². The van der Waals surface area contributed by atoms with Gasteiger partial charge in [-0.25, -0.2) is 0 Å². The molecule has 0 N–H and O–H groups in total. The maximum Gasteiger partial charge on any atom is 0.306 e. The van der Waals surface area contributed by atoms with Crippen molar-refractivity contribution in [1.82, 2.24) is 0 Å². The monoisotopic (exact) mass is 751 g/mol. The molecule has 0 saturated carbocycles.